The van der Waals surface area contributed by atoms with Gasteiger partial charge in [0.2, 0.25) is 0 Å². The van der Waals surface area contributed by atoms with Gasteiger partial charge < -0.3 is 4.74 Å². The minimum Gasteiger partial charge on any atom is -0.490 e. The molecule has 1 heterocycles. The van der Waals surface area contributed by atoms with E-state index in [2.05, 4.69) is 89.8 Å². The minimum absolute atomic E-state index is 0.0268. The maximum atomic E-state index is 15.5. The van der Waals surface area contributed by atoms with Crippen molar-refractivity contribution in [3.05, 3.63) is 87.7 Å². The molecular formula is C42H55IO4. The minimum atomic E-state index is -1.40. The highest BCUT2D eigenvalue weighted by atomic mass is 127. The highest BCUT2D eigenvalue weighted by Gasteiger charge is 2.74. The molecule has 0 radical (unpaired) electrons. The predicted octanol–water partition coefficient (Wildman–Crippen LogP) is 11.1. The molecule has 0 aromatic heterocycles. The molecule has 1 saturated heterocycles. The maximum Gasteiger partial charge on any atom is 0.200 e. The maximum absolute atomic E-state index is 15.5. The lowest BCUT2D eigenvalue weighted by molar-refractivity contribution is -0.188. The third-order valence-corrected chi connectivity index (χ3v) is 12.0. The van der Waals surface area contributed by atoms with Gasteiger partial charge in [0.1, 0.15) is 22.3 Å². The molecule has 4 rings (SSSR count). The molecule has 254 valence electrons. The summed E-state index contributed by atoms with van der Waals surface area (Å²) in [5, 5.41) is 0. The van der Waals surface area contributed by atoms with E-state index in [0.717, 1.165) is 39.5 Å². The smallest absolute Gasteiger partial charge is 0.200 e. The summed E-state index contributed by atoms with van der Waals surface area (Å²) in [5.41, 5.74) is 2.11. The summed E-state index contributed by atoms with van der Waals surface area (Å²) in [5.74, 6) is -0.423. The molecule has 0 unspecified atom stereocenters. The van der Waals surface area contributed by atoms with Gasteiger partial charge in [-0.1, -0.05) is 74.4 Å². The second-order valence-electron chi connectivity index (χ2n) is 16.1. The number of Topliss-reactive ketones (excluding diaryl/α,β-unsaturated/α-hetero) is 3. The van der Waals surface area contributed by atoms with E-state index in [9.17, 15) is 4.79 Å². The van der Waals surface area contributed by atoms with Crippen molar-refractivity contribution in [2.24, 2.45) is 28.1 Å². The number of rotatable bonds is 10. The number of hydrogen-bond donors (Lipinski definition) is 0. The first kappa shape index (κ1) is 37.3. The van der Waals surface area contributed by atoms with Gasteiger partial charge >= 0.3 is 0 Å². The second kappa shape index (κ2) is 13.4. The van der Waals surface area contributed by atoms with E-state index >= 15 is 9.59 Å². The fraction of sp³-hybridized carbons (Fsp3) is 0.548. The lowest BCUT2D eigenvalue weighted by Gasteiger charge is -2.64. The van der Waals surface area contributed by atoms with Crippen LogP contribution >= 0.6 is 22.6 Å². The Kier molecular flexibility index (Phi) is 10.6. The van der Waals surface area contributed by atoms with Crippen LogP contribution in [0, 0.1) is 28.1 Å². The molecule has 0 amide bonds. The number of allylic oxidation sites excluding steroid dienone is 8. The molecule has 1 spiro atoms. The summed E-state index contributed by atoms with van der Waals surface area (Å²) < 4.78 is 7.81. The van der Waals surface area contributed by atoms with Crippen LogP contribution in [-0.4, -0.2) is 23.0 Å². The van der Waals surface area contributed by atoms with E-state index in [1.54, 1.807) is 0 Å². The Morgan fingerprint density at radius 2 is 1.47 bits per heavy atom. The van der Waals surface area contributed by atoms with Crippen LogP contribution in [0.15, 0.2) is 71.1 Å². The molecule has 5 heteroatoms. The van der Waals surface area contributed by atoms with Gasteiger partial charge in [0, 0.05) is 15.1 Å². The van der Waals surface area contributed by atoms with Crippen LogP contribution in [-0.2, 0) is 20.7 Å². The molecule has 2 bridgehead atoms. The monoisotopic (exact) mass is 750 g/mol. The lowest BCUT2D eigenvalue weighted by Crippen LogP contribution is -2.69. The third kappa shape index (κ3) is 6.35. The number of carbonyl (C=O) groups excluding carboxylic acids is 3. The van der Waals surface area contributed by atoms with E-state index in [4.69, 9.17) is 4.74 Å². The first-order valence-electron chi connectivity index (χ1n) is 17.2. The normalized spacial score (nSPS) is 27.3. The number of ketones is 3. The van der Waals surface area contributed by atoms with Crippen molar-refractivity contribution in [3.8, 4) is 0 Å². The van der Waals surface area contributed by atoms with Crippen molar-refractivity contribution >= 4 is 43.5 Å². The molecule has 0 N–H and O–H groups in total. The van der Waals surface area contributed by atoms with E-state index in [-0.39, 0.29) is 41.2 Å². The summed E-state index contributed by atoms with van der Waals surface area (Å²) in [6.45, 7) is 26.9. The van der Waals surface area contributed by atoms with E-state index in [1.807, 2.05) is 52.0 Å². The van der Waals surface area contributed by atoms with E-state index in [1.165, 1.54) is 11.1 Å². The number of ether oxygens (including phenoxy) is 1. The van der Waals surface area contributed by atoms with E-state index < -0.39 is 21.8 Å². The van der Waals surface area contributed by atoms with Crippen molar-refractivity contribution in [3.63, 3.8) is 0 Å². The summed E-state index contributed by atoms with van der Waals surface area (Å²) in [7, 11) is 0. The number of halogens is 1. The standard InChI is InChI=1S/C42H55IO4/c1-13-29-16-17-30(22-33(29)28(8)43)35(44)34-36(45)42(21-20-27(6)7)38(46)41(23-31(39(42,9)10)18-14-25(2)3)24-32(19-15-26(4)5)40(11,12)47-37(34)41/h14-17,20,22,31-32H,8,13,18-19,21,23-24H2,1-7,9-12H3/t31-,32+,41+,42+/m1/s1. The van der Waals surface area contributed by atoms with Gasteiger partial charge in [-0.15, -0.1) is 0 Å². The Morgan fingerprint density at radius 1 is 0.915 bits per heavy atom. The molecule has 4 atom stereocenters. The van der Waals surface area contributed by atoms with Gasteiger partial charge in [-0.2, -0.15) is 0 Å². The molecule has 2 fully saturated rings. The quantitative estimate of drug-likeness (QED) is 0.0785. The number of aryl methyl sites for hydroxylation is 1. The van der Waals surface area contributed by atoms with Crippen LogP contribution in [0.1, 0.15) is 130 Å². The Labute approximate surface area is 297 Å². The largest absolute Gasteiger partial charge is 0.490 e. The molecule has 1 aliphatic heterocycles. The van der Waals surface area contributed by atoms with Gasteiger partial charge in [-0.05, 0) is 145 Å². The van der Waals surface area contributed by atoms with Crippen molar-refractivity contribution in [1.82, 2.24) is 0 Å². The first-order valence-corrected chi connectivity index (χ1v) is 18.3. The second-order valence-corrected chi connectivity index (χ2v) is 17.4. The number of fused-ring (bicyclic) bond motifs is 1. The Bertz CT molecular complexity index is 1610. The van der Waals surface area contributed by atoms with Gasteiger partial charge in [-0.3, -0.25) is 14.4 Å². The van der Waals surface area contributed by atoms with Gasteiger partial charge in [0.15, 0.2) is 17.3 Å². The summed E-state index contributed by atoms with van der Waals surface area (Å²) >= 11 is 2.20. The fourth-order valence-electron chi connectivity index (χ4n) is 8.33. The number of carbonyl (C=O) groups is 3. The van der Waals surface area contributed by atoms with Crippen molar-refractivity contribution in [2.75, 3.05) is 0 Å². The van der Waals surface area contributed by atoms with E-state index in [0.29, 0.717) is 24.2 Å². The summed E-state index contributed by atoms with van der Waals surface area (Å²) in [6, 6.07) is 5.65. The summed E-state index contributed by atoms with van der Waals surface area (Å²) in [6.07, 6.45) is 10.2. The fourth-order valence-corrected chi connectivity index (χ4v) is 8.83. The third-order valence-electron chi connectivity index (χ3n) is 11.5. The molecule has 3 aliphatic rings. The lowest BCUT2D eigenvalue weighted by atomic mass is 9.39. The molecular weight excluding hydrogens is 695 g/mol. The van der Waals surface area contributed by atoms with Gasteiger partial charge in [0.05, 0.1) is 5.41 Å². The average molecular weight is 751 g/mol. The Morgan fingerprint density at radius 3 is 2.00 bits per heavy atom. The zero-order valence-electron chi connectivity index (χ0n) is 30.6. The molecule has 4 nitrogen and oxygen atoms in total. The topological polar surface area (TPSA) is 60.4 Å². The van der Waals surface area contributed by atoms with Crippen LogP contribution < -0.4 is 0 Å². The van der Waals surface area contributed by atoms with Crippen molar-refractivity contribution < 1.29 is 19.1 Å². The van der Waals surface area contributed by atoms with Crippen molar-refractivity contribution in [1.29, 1.82) is 0 Å². The summed E-state index contributed by atoms with van der Waals surface area (Å²) in [4.78, 5) is 45.9. The van der Waals surface area contributed by atoms with Crippen LogP contribution in [0.2, 0.25) is 0 Å². The van der Waals surface area contributed by atoms with Crippen LogP contribution in [0.4, 0.5) is 0 Å². The van der Waals surface area contributed by atoms with Crippen LogP contribution in [0.25, 0.3) is 3.58 Å². The van der Waals surface area contributed by atoms with Crippen LogP contribution in [0.3, 0.4) is 0 Å². The molecule has 1 aromatic carbocycles. The van der Waals surface area contributed by atoms with Crippen LogP contribution in [0.5, 0.6) is 0 Å². The van der Waals surface area contributed by atoms with Crippen molar-refractivity contribution in [2.45, 2.75) is 120 Å². The highest BCUT2D eigenvalue weighted by Crippen LogP contribution is 2.69. The Hall–Kier alpha value is -2.54. The Balaban J connectivity index is 2.11. The first-order chi connectivity index (χ1) is 21.8. The molecule has 47 heavy (non-hydrogen) atoms. The molecule has 1 saturated carbocycles. The molecule has 1 aromatic rings. The van der Waals surface area contributed by atoms with Gasteiger partial charge in [0.25, 0.3) is 0 Å². The SMILES string of the molecule is C=C(I)c1cc(C(=O)C2=C3OC(C)(C)[C@@H](CC=C(C)C)C[C@@]34C[C@@H](CC=C(C)C)C(C)(C)[C@@](CC=C(C)C)(C2=O)C4=O)ccc1CC. The highest BCUT2D eigenvalue weighted by molar-refractivity contribution is 14.1. The number of benzene rings is 1. The average Bonchev–Trinajstić information content (AvgIpc) is 2.97. The van der Waals surface area contributed by atoms with Gasteiger partial charge in [-0.25, -0.2) is 0 Å². The zero-order valence-corrected chi connectivity index (χ0v) is 32.7. The zero-order chi connectivity index (χ0) is 35.3. The predicted molar refractivity (Wildman–Crippen MR) is 202 cm³/mol. The number of hydrogen-bond acceptors (Lipinski definition) is 4. The molecule has 2 aliphatic carbocycles.